The summed E-state index contributed by atoms with van der Waals surface area (Å²) in [5.41, 5.74) is 0. The van der Waals surface area contributed by atoms with E-state index in [2.05, 4.69) is 20.0 Å². The fourth-order valence-electron chi connectivity index (χ4n) is 4.26. The SMILES string of the molecule is COC(C)c1noc(N2CCC([C@H]3C[C@H]3CCOc3ccc(S(C)=O)cn3)CC2)n1. The summed E-state index contributed by atoms with van der Waals surface area (Å²) in [5.74, 6) is 3.53. The first-order valence-corrected chi connectivity index (χ1v) is 12.1. The summed E-state index contributed by atoms with van der Waals surface area (Å²) < 4.78 is 27.9. The van der Waals surface area contributed by atoms with Crippen molar-refractivity contribution in [3.63, 3.8) is 0 Å². The van der Waals surface area contributed by atoms with Crippen LogP contribution in [0.2, 0.25) is 0 Å². The van der Waals surface area contributed by atoms with Crippen molar-refractivity contribution in [3.8, 4) is 5.88 Å². The maximum Gasteiger partial charge on any atom is 0.324 e. The second-order valence-electron chi connectivity index (χ2n) is 8.22. The molecule has 0 spiro atoms. The number of hydrogen-bond acceptors (Lipinski definition) is 8. The van der Waals surface area contributed by atoms with Crippen molar-refractivity contribution in [2.24, 2.45) is 17.8 Å². The third-order valence-corrected chi connectivity index (χ3v) is 7.23. The predicted molar refractivity (Wildman–Crippen MR) is 113 cm³/mol. The van der Waals surface area contributed by atoms with Crippen molar-refractivity contribution in [2.75, 3.05) is 38.0 Å². The minimum absolute atomic E-state index is 0.154. The van der Waals surface area contributed by atoms with Crippen LogP contribution in [-0.4, -0.2) is 52.4 Å². The Morgan fingerprint density at radius 2 is 2.13 bits per heavy atom. The Morgan fingerprint density at radius 3 is 2.80 bits per heavy atom. The average molecular weight is 435 g/mol. The smallest absolute Gasteiger partial charge is 0.324 e. The highest BCUT2D eigenvalue weighted by atomic mass is 32.2. The fourth-order valence-corrected chi connectivity index (χ4v) is 4.72. The van der Waals surface area contributed by atoms with E-state index >= 15 is 0 Å². The molecular weight excluding hydrogens is 404 g/mol. The molecule has 0 bridgehead atoms. The van der Waals surface area contributed by atoms with Gasteiger partial charge in [0.15, 0.2) is 0 Å². The van der Waals surface area contributed by atoms with Crippen molar-refractivity contribution in [2.45, 2.75) is 43.6 Å². The molecule has 3 heterocycles. The lowest BCUT2D eigenvalue weighted by molar-refractivity contribution is 0.109. The number of hydrogen-bond donors (Lipinski definition) is 0. The third kappa shape index (κ3) is 5.00. The molecule has 1 aliphatic heterocycles. The molecule has 1 saturated carbocycles. The molecule has 4 atom stereocenters. The predicted octanol–water partition coefficient (Wildman–Crippen LogP) is 3.23. The lowest BCUT2D eigenvalue weighted by Gasteiger charge is -2.30. The van der Waals surface area contributed by atoms with Gasteiger partial charge in [0, 0.05) is 38.7 Å². The molecule has 1 aliphatic carbocycles. The summed E-state index contributed by atoms with van der Waals surface area (Å²) in [6, 6.07) is 4.22. The summed E-state index contributed by atoms with van der Waals surface area (Å²) in [7, 11) is 0.639. The average Bonchev–Trinajstić information content (AvgIpc) is 3.37. The van der Waals surface area contributed by atoms with E-state index in [1.54, 1.807) is 25.6 Å². The van der Waals surface area contributed by atoms with Crippen molar-refractivity contribution >= 4 is 16.8 Å². The standard InChI is InChI=1S/C21H30N4O4S/c1-14(27-2)20-23-21(29-24-20)25-9-6-15(7-10-25)18-12-16(18)8-11-28-19-5-4-17(13-22-19)30(3)26/h4-5,13-16,18H,6-12H2,1-3H3/t14?,16-,18-,30?/m1/s1. The van der Waals surface area contributed by atoms with Gasteiger partial charge in [0.05, 0.1) is 22.3 Å². The molecule has 2 aromatic heterocycles. The Labute approximate surface area is 179 Å². The highest BCUT2D eigenvalue weighted by molar-refractivity contribution is 7.84. The Hall–Kier alpha value is -2.00. The van der Waals surface area contributed by atoms with Gasteiger partial charge in [-0.3, -0.25) is 4.21 Å². The Morgan fingerprint density at radius 1 is 1.33 bits per heavy atom. The Kier molecular flexibility index (Phi) is 6.67. The topological polar surface area (TPSA) is 90.6 Å². The van der Waals surface area contributed by atoms with Crippen LogP contribution in [0.4, 0.5) is 6.01 Å². The van der Waals surface area contributed by atoms with Crippen LogP contribution in [0.5, 0.6) is 5.88 Å². The van der Waals surface area contributed by atoms with Crippen molar-refractivity contribution in [1.82, 2.24) is 15.1 Å². The van der Waals surface area contributed by atoms with Gasteiger partial charge < -0.3 is 18.9 Å². The molecule has 2 aliphatic rings. The highest BCUT2D eigenvalue weighted by Gasteiger charge is 2.43. The fraction of sp³-hybridized carbons (Fsp3) is 0.667. The van der Waals surface area contributed by atoms with E-state index in [9.17, 15) is 4.21 Å². The minimum Gasteiger partial charge on any atom is -0.478 e. The molecule has 0 N–H and O–H groups in total. The molecular formula is C21H30N4O4S. The van der Waals surface area contributed by atoms with Crippen LogP contribution in [0.25, 0.3) is 0 Å². The third-order valence-electron chi connectivity index (χ3n) is 6.32. The van der Waals surface area contributed by atoms with Gasteiger partial charge >= 0.3 is 6.01 Å². The number of ether oxygens (including phenoxy) is 2. The first-order valence-electron chi connectivity index (χ1n) is 10.6. The van der Waals surface area contributed by atoms with Gasteiger partial charge in [0.25, 0.3) is 0 Å². The second-order valence-corrected chi connectivity index (χ2v) is 9.60. The van der Waals surface area contributed by atoms with Gasteiger partial charge in [0.2, 0.25) is 11.7 Å². The molecule has 2 unspecified atom stereocenters. The molecule has 2 aromatic rings. The summed E-state index contributed by atoms with van der Waals surface area (Å²) >= 11 is 0. The van der Waals surface area contributed by atoms with Gasteiger partial charge in [-0.25, -0.2) is 4.98 Å². The number of piperidine rings is 1. The zero-order valence-electron chi connectivity index (χ0n) is 17.8. The normalized spacial score (nSPS) is 23.9. The van der Waals surface area contributed by atoms with Crippen LogP contribution in [0.1, 0.15) is 44.5 Å². The van der Waals surface area contributed by atoms with E-state index in [1.807, 2.05) is 13.0 Å². The van der Waals surface area contributed by atoms with Gasteiger partial charge in [-0.2, -0.15) is 4.98 Å². The number of nitrogens with zero attached hydrogens (tertiary/aromatic N) is 4. The van der Waals surface area contributed by atoms with Crippen molar-refractivity contribution in [3.05, 3.63) is 24.2 Å². The molecule has 164 valence electrons. The maximum atomic E-state index is 11.4. The number of methoxy groups -OCH3 is 1. The monoisotopic (exact) mass is 434 g/mol. The molecule has 2 fully saturated rings. The molecule has 0 aromatic carbocycles. The van der Waals surface area contributed by atoms with E-state index in [-0.39, 0.29) is 6.10 Å². The van der Waals surface area contributed by atoms with Crippen LogP contribution in [0.3, 0.4) is 0 Å². The number of pyridine rings is 1. The molecule has 9 heteroatoms. The van der Waals surface area contributed by atoms with Gasteiger partial charge in [-0.05, 0) is 56.4 Å². The first-order chi connectivity index (χ1) is 14.5. The minimum atomic E-state index is -1.00. The Bertz CT molecular complexity index is 851. The molecule has 8 nitrogen and oxygen atoms in total. The lowest BCUT2D eigenvalue weighted by atomic mass is 9.91. The van der Waals surface area contributed by atoms with E-state index in [1.165, 1.54) is 6.42 Å². The van der Waals surface area contributed by atoms with E-state index < -0.39 is 10.8 Å². The number of aromatic nitrogens is 3. The quantitative estimate of drug-likeness (QED) is 0.594. The van der Waals surface area contributed by atoms with Crippen molar-refractivity contribution < 1.29 is 18.2 Å². The number of rotatable bonds is 9. The second kappa shape index (κ2) is 9.43. The molecule has 0 amide bonds. The summed E-state index contributed by atoms with van der Waals surface area (Å²) in [6.07, 6.45) is 7.81. The molecule has 1 saturated heterocycles. The van der Waals surface area contributed by atoms with Crippen LogP contribution >= 0.6 is 0 Å². The largest absolute Gasteiger partial charge is 0.478 e. The first kappa shape index (κ1) is 21.2. The highest BCUT2D eigenvalue weighted by Crippen LogP contribution is 2.49. The molecule has 4 rings (SSSR count). The van der Waals surface area contributed by atoms with E-state index in [0.29, 0.717) is 24.3 Å². The van der Waals surface area contributed by atoms with Crippen LogP contribution in [-0.2, 0) is 15.5 Å². The summed E-state index contributed by atoms with van der Waals surface area (Å²) in [5, 5.41) is 4.03. The van der Waals surface area contributed by atoms with Gasteiger partial charge in [0.1, 0.15) is 6.10 Å². The van der Waals surface area contributed by atoms with Gasteiger partial charge in [-0.15, -0.1) is 0 Å². The maximum absolute atomic E-state index is 11.4. The van der Waals surface area contributed by atoms with Crippen LogP contribution in [0, 0.1) is 17.8 Å². The lowest BCUT2D eigenvalue weighted by Crippen LogP contribution is -2.34. The molecule has 0 radical (unpaired) electrons. The van der Waals surface area contributed by atoms with Crippen molar-refractivity contribution in [1.29, 1.82) is 0 Å². The zero-order valence-corrected chi connectivity index (χ0v) is 18.6. The van der Waals surface area contributed by atoms with E-state index in [4.69, 9.17) is 14.0 Å². The van der Waals surface area contributed by atoms with Gasteiger partial charge in [-0.1, -0.05) is 5.16 Å². The summed E-state index contributed by atoms with van der Waals surface area (Å²) in [6.45, 7) is 4.52. The van der Waals surface area contributed by atoms with Crippen LogP contribution in [0.15, 0.2) is 27.7 Å². The zero-order chi connectivity index (χ0) is 21.1. The van der Waals surface area contributed by atoms with E-state index in [0.717, 1.165) is 55.0 Å². The summed E-state index contributed by atoms with van der Waals surface area (Å²) in [4.78, 5) is 11.6. The number of anilines is 1. The molecule has 30 heavy (non-hydrogen) atoms. The van der Waals surface area contributed by atoms with Crippen LogP contribution < -0.4 is 9.64 Å². The Balaban J connectivity index is 1.17.